The van der Waals surface area contributed by atoms with E-state index < -0.39 is 0 Å². The maximum Gasteiger partial charge on any atom is 0.134 e. The lowest BCUT2D eigenvalue weighted by Crippen LogP contribution is -2.33. The third kappa shape index (κ3) is 3.85. The molecule has 0 aliphatic carbocycles. The van der Waals surface area contributed by atoms with E-state index in [0.717, 1.165) is 24.5 Å². The van der Waals surface area contributed by atoms with E-state index in [-0.39, 0.29) is 6.04 Å². The normalized spacial score (nSPS) is 12.5. The first-order valence-electron chi connectivity index (χ1n) is 5.93. The summed E-state index contributed by atoms with van der Waals surface area (Å²) in [5.41, 5.74) is 5.79. The molecule has 5 nitrogen and oxygen atoms in total. The summed E-state index contributed by atoms with van der Waals surface area (Å²) >= 11 is 0. The standard InChI is InChI=1S/C12H22N4O/c1-5-6-11-14-10(13)7-12(15-11)16(3)9(2)8-17-4/h7,9H,5-6,8H2,1-4H3,(H2,13,14,15). The van der Waals surface area contributed by atoms with Gasteiger partial charge in [0.05, 0.1) is 12.6 Å². The molecule has 1 heterocycles. The molecule has 5 heteroatoms. The van der Waals surface area contributed by atoms with E-state index in [9.17, 15) is 0 Å². The number of likely N-dealkylation sites (N-methyl/N-ethyl adjacent to an activating group) is 1. The van der Waals surface area contributed by atoms with E-state index in [1.165, 1.54) is 0 Å². The van der Waals surface area contributed by atoms with Crippen LogP contribution in [0.5, 0.6) is 0 Å². The first kappa shape index (κ1) is 13.7. The van der Waals surface area contributed by atoms with Crippen molar-refractivity contribution in [1.82, 2.24) is 9.97 Å². The van der Waals surface area contributed by atoms with Gasteiger partial charge in [0, 0.05) is 26.6 Å². The van der Waals surface area contributed by atoms with Crippen LogP contribution in [0.2, 0.25) is 0 Å². The van der Waals surface area contributed by atoms with Gasteiger partial charge in [-0.05, 0) is 13.3 Å². The minimum atomic E-state index is 0.253. The zero-order chi connectivity index (χ0) is 12.8. The summed E-state index contributed by atoms with van der Waals surface area (Å²) in [7, 11) is 3.68. The van der Waals surface area contributed by atoms with E-state index in [2.05, 4.69) is 28.7 Å². The van der Waals surface area contributed by atoms with Gasteiger partial charge >= 0.3 is 0 Å². The number of hydrogen-bond donors (Lipinski definition) is 1. The van der Waals surface area contributed by atoms with Gasteiger partial charge in [-0.25, -0.2) is 9.97 Å². The molecule has 1 atom stereocenters. The van der Waals surface area contributed by atoms with Gasteiger partial charge in [0.2, 0.25) is 0 Å². The molecule has 0 aromatic carbocycles. The Kier molecular flexibility index (Phi) is 5.15. The molecule has 0 aliphatic heterocycles. The summed E-state index contributed by atoms with van der Waals surface area (Å²) in [4.78, 5) is 10.8. The number of ether oxygens (including phenoxy) is 1. The summed E-state index contributed by atoms with van der Waals surface area (Å²) < 4.78 is 5.14. The predicted molar refractivity (Wildman–Crippen MR) is 70.2 cm³/mol. The minimum Gasteiger partial charge on any atom is -0.384 e. The van der Waals surface area contributed by atoms with Crippen molar-refractivity contribution in [3.05, 3.63) is 11.9 Å². The van der Waals surface area contributed by atoms with Crippen molar-refractivity contribution in [2.24, 2.45) is 0 Å². The maximum atomic E-state index is 5.79. The fraction of sp³-hybridized carbons (Fsp3) is 0.667. The van der Waals surface area contributed by atoms with Crippen LogP contribution in [-0.4, -0.2) is 36.8 Å². The number of nitrogens with two attached hydrogens (primary N) is 1. The highest BCUT2D eigenvalue weighted by Crippen LogP contribution is 2.15. The third-order valence-electron chi connectivity index (χ3n) is 2.68. The van der Waals surface area contributed by atoms with Gasteiger partial charge in [0.15, 0.2) is 0 Å². The summed E-state index contributed by atoms with van der Waals surface area (Å²) in [5.74, 6) is 2.18. The van der Waals surface area contributed by atoms with Crippen molar-refractivity contribution in [1.29, 1.82) is 0 Å². The molecule has 96 valence electrons. The molecule has 0 fully saturated rings. The zero-order valence-electron chi connectivity index (χ0n) is 11.1. The molecule has 17 heavy (non-hydrogen) atoms. The van der Waals surface area contributed by atoms with Crippen LogP contribution >= 0.6 is 0 Å². The number of anilines is 2. The molecule has 0 spiro atoms. The molecular weight excluding hydrogens is 216 g/mol. The van der Waals surface area contributed by atoms with Crippen LogP contribution in [0.4, 0.5) is 11.6 Å². The Morgan fingerprint density at radius 2 is 2.18 bits per heavy atom. The van der Waals surface area contributed by atoms with Crippen molar-refractivity contribution in [2.45, 2.75) is 32.7 Å². The summed E-state index contributed by atoms with van der Waals surface area (Å²) in [5, 5.41) is 0. The van der Waals surface area contributed by atoms with Gasteiger partial charge in [-0.1, -0.05) is 6.92 Å². The smallest absolute Gasteiger partial charge is 0.134 e. The topological polar surface area (TPSA) is 64.3 Å². The van der Waals surface area contributed by atoms with Crippen LogP contribution in [-0.2, 0) is 11.2 Å². The number of rotatable bonds is 6. The molecule has 0 amide bonds. The fourth-order valence-corrected chi connectivity index (χ4v) is 1.60. The highest BCUT2D eigenvalue weighted by molar-refractivity contribution is 5.47. The Morgan fingerprint density at radius 1 is 1.47 bits per heavy atom. The molecule has 1 rings (SSSR count). The zero-order valence-corrected chi connectivity index (χ0v) is 11.1. The van der Waals surface area contributed by atoms with Crippen LogP contribution in [0.25, 0.3) is 0 Å². The Morgan fingerprint density at radius 3 is 2.76 bits per heavy atom. The largest absolute Gasteiger partial charge is 0.384 e. The summed E-state index contributed by atoms with van der Waals surface area (Å²) in [6.45, 7) is 4.84. The second-order valence-corrected chi connectivity index (χ2v) is 4.23. The lowest BCUT2D eigenvalue weighted by atomic mass is 10.3. The molecule has 1 unspecified atom stereocenters. The van der Waals surface area contributed by atoms with E-state index >= 15 is 0 Å². The molecule has 1 aromatic rings. The lowest BCUT2D eigenvalue weighted by molar-refractivity contribution is 0.183. The van der Waals surface area contributed by atoms with Crippen LogP contribution in [0.3, 0.4) is 0 Å². The number of nitrogens with zero attached hydrogens (tertiary/aromatic N) is 3. The van der Waals surface area contributed by atoms with Gasteiger partial charge in [0.1, 0.15) is 17.5 Å². The van der Waals surface area contributed by atoms with Crippen molar-refractivity contribution >= 4 is 11.6 Å². The number of nitrogen functional groups attached to an aromatic ring is 1. The average Bonchev–Trinajstić information content (AvgIpc) is 2.28. The molecule has 2 N–H and O–H groups in total. The van der Waals surface area contributed by atoms with Gasteiger partial charge in [-0.2, -0.15) is 0 Å². The van der Waals surface area contributed by atoms with E-state index in [1.54, 1.807) is 13.2 Å². The molecule has 0 saturated carbocycles. The quantitative estimate of drug-likeness (QED) is 0.813. The van der Waals surface area contributed by atoms with Gasteiger partial charge in [0.25, 0.3) is 0 Å². The fourth-order valence-electron chi connectivity index (χ4n) is 1.60. The molecule has 0 aliphatic rings. The maximum absolute atomic E-state index is 5.79. The van der Waals surface area contributed by atoms with Gasteiger partial charge in [-0.3, -0.25) is 0 Å². The van der Waals surface area contributed by atoms with Crippen LogP contribution < -0.4 is 10.6 Å². The Labute approximate surface area is 103 Å². The average molecular weight is 238 g/mol. The minimum absolute atomic E-state index is 0.253. The summed E-state index contributed by atoms with van der Waals surface area (Å²) in [6.07, 6.45) is 1.87. The van der Waals surface area contributed by atoms with Crippen molar-refractivity contribution in [3.8, 4) is 0 Å². The monoisotopic (exact) mass is 238 g/mol. The Hall–Kier alpha value is -1.36. The second kappa shape index (κ2) is 6.39. The third-order valence-corrected chi connectivity index (χ3v) is 2.68. The molecule has 0 bridgehead atoms. The Balaban J connectivity index is 2.88. The van der Waals surface area contributed by atoms with Crippen molar-refractivity contribution in [2.75, 3.05) is 31.4 Å². The highest BCUT2D eigenvalue weighted by atomic mass is 16.5. The van der Waals surface area contributed by atoms with Crippen LogP contribution in [0, 0.1) is 0 Å². The van der Waals surface area contributed by atoms with Gasteiger partial charge < -0.3 is 15.4 Å². The Bertz CT molecular complexity index is 356. The second-order valence-electron chi connectivity index (χ2n) is 4.23. The molecule has 1 aromatic heterocycles. The summed E-state index contributed by atoms with van der Waals surface area (Å²) in [6, 6.07) is 2.05. The lowest BCUT2D eigenvalue weighted by Gasteiger charge is -2.25. The number of methoxy groups -OCH3 is 1. The number of hydrogen-bond acceptors (Lipinski definition) is 5. The first-order chi connectivity index (χ1) is 8.08. The first-order valence-corrected chi connectivity index (χ1v) is 5.93. The van der Waals surface area contributed by atoms with Crippen molar-refractivity contribution in [3.63, 3.8) is 0 Å². The van der Waals surface area contributed by atoms with Crippen LogP contribution in [0.15, 0.2) is 6.07 Å². The van der Waals surface area contributed by atoms with E-state index in [4.69, 9.17) is 10.5 Å². The number of aryl methyl sites for hydroxylation is 1. The highest BCUT2D eigenvalue weighted by Gasteiger charge is 2.12. The molecule has 0 saturated heterocycles. The van der Waals surface area contributed by atoms with Gasteiger partial charge in [-0.15, -0.1) is 0 Å². The van der Waals surface area contributed by atoms with E-state index in [1.807, 2.05) is 7.05 Å². The van der Waals surface area contributed by atoms with Crippen LogP contribution in [0.1, 0.15) is 26.1 Å². The van der Waals surface area contributed by atoms with Crippen molar-refractivity contribution < 1.29 is 4.74 Å². The number of aromatic nitrogens is 2. The predicted octanol–water partition coefficient (Wildman–Crippen LogP) is 1.48. The molecular formula is C12H22N4O. The molecule has 0 radical (unpaired) electrons. The van der Waals surface area contributed by atoms with E-state index in [0.29, 0.717) is 12.4 Å². The SMILES string of the molecule is CCCc1nc(N)cc(N(C)C(C)COC)n1.